The van der Waals surface area contributed by atoms with E-state index in [-0.39, 0.29) is 30.1 Å². The highest BCUT2D eigenvalue weighted by Crippen LogP contribution is 2.17. The van der Waals surface area contributed by atoms with Gasteiger partial charge in [-0.2, -0.15) is 0 Å². The lowest BCUT2D eigenvalue weighted by Gasteiger charge is -2.12. The normalized spacial score (nSPS) is 17.3. The molecule has 0 aromatic rings. The van der Waals surface area contributed by atoms with E-state index in [1.807, 2.05) is 0 Å². The maximum atomic E-state index is 11.4. The monoisotopic (exact) mass is 248 g/mol. The van der Waals surface area contributed by atoms with Crippen molar-refractivity contribution in [2.24, 2.45) is 0 Å². The number of hydrogen-bond donors (Lipinski definition) is 2. The van der Waals surface area contributed by atoms with Crippen molar-refractivity contribution in [3.05, 3.63) is 0 Å². The Morgan fingerprint density at radius 3 is 2.50 bits per heavy atom. The molecule has 0 saturated heterocycles. The quantitative estimate of drug-likeness (QED) is 0.750. The average Bonchev–Trinajstić information content (AvgIpc) is 2.70. The fourth-order valence-electron chi connectivity index (χ4n) is 1.77. The molecule has 1 fully saturated rings. The van der Waals surface area contributed by atoms with Crippen molar-refractivity contribution in [2.75, 3.05) is 18.1 Å². The molecule has 0 heterocycles. The van der Waals surface area contributed by atoms with Gasteiger partial charge < -0.3 is 10.6 Å². The summed E-state index contributed by atoms with van der Waals surface area (Å²) in [4.78, 5) is 11.4. The second kappa shape index (κ2) is 6.08. The predicted molar refractivity (Wildman–Crippen MR) is 63.1 cm³/mol. The Morgan fingerprint density at radius 1 is 1.31 bits per heavy atom. The van der Waals surface area contributed by atoms with Gasteiger partial charge >= 0.3 is 6.03 Å². The molecule has 2 N–H and O–H groups in total. The molecule has 0 aromatic heterocycles. The Kier molecular flexibility index (Phi) is 5.05. The summed E-state index contributed by atoms with van der Waals surface area (Å²) < 4.78 is 22.3. The van der Waals surface area contributed by atoms with Crippen LogP contribution in [0.15, 0.2) is 0 Å². The molecule has 0 aliphatic heterocycles. The highest BCUT2D eigenvalue weighted by Gasteiger charge is 2.17. The van der Waals surface area contributed by atoms with Crippen molar-refractivity contribution in [3.8, 4) is 0 Å². The third-order valence-corrected chi connectivity index (χ3v) is 4.53. The highest BCUT2D eigenvalue weighted by molar-refractivity contribution is 7.91. The lowest BCUT2D eigenvalue weighted by Crippen LogP contribution is -2.42. The zero-order valence-electron chi connectivity index (χ0n) is 9.66. The molecule has 5 nitrogen and oxygen atoms in total. The van der Waals surface area contributed by atoms with E-state index in [0.29, 0.717) is 0 Å². The van der Waals surface area contributed by atoms with E-state index < -0.39 is 9.84 Å². The number of urea groups is 1. The van der Waals surface area contributed by atoms with E-state index in [2.05, 4.69) is 10.6 Å². The maximum Gasteiger partial charge on any atom is 0.315 e. The Bertz CT molecular complexity index is 321. The zero-order valence-corrected chi connectivity index (χ0v) is 10.5. The first-order valence-corrected chi connectivity index (χ1v) is 7.60. The van der Waals surface area contributed by atoms with Gasteiger partial charge in [-0.05, 0) is 12.8 Å². The lowest BCUT2D eigenvalue weighted by molar-refractivity contribution is 0.237. The fraction of sp³-hybridized carbons (Fsp3) is 0.900. The third kappa shape index (κ3) is 4.83. The molecule has 0 radical (unpaired) electrons. The smallest absolute Gasteiger partial charge is 0.315 e. The van der Waals surface area contributed by atoms with Gasteiger partial charge in [-0.3, -0.25) is 0 Å². The summed E-state index contributed by atoms with van der Waals surface area (Å²) in [5.41, 5.74) is 0. The minimum absolute atomic E-state index is 0.0155. The van der Waals surface area contributed by atoms with E-state index in [4.69, 9.17) is 0 Å². The van der Waals surface area contributed by atoms with E-state index in [1.54, 1.807) is 6.92 Å². The minimum atomic E-state index is -2.98. The van der Waals surface area contributed by atoms with Crippen molar-refractivity contribution in [3.63, 3.8) is 0 Å². The van der Waals surface area contributed by atoms with Gasteiger partial charge in [-0.1, -0.05) is 19.8 Å². The summed E-state index contributed by atoms with van der Waals surface area (Å²) in [5, 5.41) is 5.41. The summed E-state index contributed by atoms with van der Waals surface area (Å²) in [5.74, 6) is 0.139. The number of amides is 2. The summed E-state index contributed by atoms with van der Waals surface area (Å²) in [6, 6.07) is 0.0148. The fourth-order valence-corrected chi connectivity index (χ4v) is 2.47. The van der Waals surface area contributed by atoms with E-state index >= 15 is 0 Å². The van der Waals surface area contributed by atoms with Gasteiger partial charge in [0.25, 0.3) is 0 Å². The Labute approximate surface area is 96.9 Å². The molecule has 6 heteroatoms. The largest absolute Gasteiger partial charge is 0.337 e. The van der Waals surface area contributed by atoms with Gasteiger partial charge in [0, 0.05) is 18.3 Å². The molecule has 94 valence electrons. The van der Waals surface area contributed by atoms with Gasteiger partial charge in [-0.25, -0.2) is 13.2 Å². The summed E-state index contributed by atoms with van der Waals surface area (Å²) >= 11 is 0. The standard InChI is InChI=1S/C10H20N2O3S/c1-2-16(14,15)8-7-11-10(13)12-9-5-3-4-6-9/h9H,2-8H2,1H3,(H2,11,12,13). The van der Waals surface area contributed by atoms with Crippen molar-refractivity contribution in [1.29, 1.82) is 0 Å². The van der Waals surface area contributed by atoms with Crippen LogP contribution in [0.5, 0.6) is 0 Å². The van der Waals surface area contributed by atoms with E-state index in [0.717, 1.165) is 25.7 Å². The third-order valence-electron chi connectivity index (χ3n) is 2.83. The number of sulfone groups is 1. The van der Waals surface area contributed by atoms with Crippen LogP contribution in [0.3, 0.4) is 0 Å². The van der Waals surface area contributed by atoms with Crippen molar-refractivity contribution in [2.45, 2.75) is 38.6 Å². The van der Waals surface area contributed by atoms with Crippen LogP contribution in [0, 0.1) is 0 Å². The van der Waals surface area contributed by atoms with Crippen LogP contribution in [-0.4, -0.2) is 38.5 Å². The first kappa shape index (κ1) is 13.3. The van der Waals surface area contributed by atoms with Crippen LogP contribution in [0.1, 0.15) is 32.6 Å². The molecule has 1 rings (SSSR count). The van der Waals surface area contributed by atoms with Crippen molar-refractivity contribution in [1.82, 2.24) is 10.6 Å². The molecular formula is C10H20N2O3S. The topological polar surface area (TPSA) is 75.3 Å². The first-order chi connectivity index (χ1) is 7.53. The molecule has 2 amide bonds. The summed E-state index contributed by atoms with van der Waals surface area (Å²) in [7, 11) is -2.98. The molecule has 1 saturated carbocycles. The number of rotatable bonds is 5. The molecule has 16 heavy (non-hydrogen) atoms. The number of hydrogen-bond acceptors (Lipinski definition) is 3. The zero-order chi connectivity index (χ0) is 12.0. The van der Waals surface area contributed by atoms with Gasteiger partial charge in [0.15, 0.2) is 9.84 Å². The molecule has 0 aromatic carbocycles. The maximum absolute atomic E-state index is 11.4. The van der Waals surface area contributed by atoms with Crippen LogP contribution in [-0.2, 0) is 9.84 Å². The molecular weight excluding hydrogens is 228 g/mol. The molecule has 0 bridgehead atoms. The van der Waals surface area contributed by atoms with Gasteiger partial charge in [-0.15, -0.1) is 0 Å². The van der Waals surface area contributed by atoms with Gasteiger partial charge in [0.2, 0.25) is 0 Å². The molecule has 0 spiro atoms. The Morgan fingerprint density at radius 2 is 1.94 bits per heavy atom. The van der Waals surface area contributed by atoms with Crippen LogP contribution >= 0.6 is 0 Å². The molecule has 0 unspecified atom stereocenters. The predicted octanol–water partition coefficient (Wildman–Crippen LogP) is 0.663. The second-order valence-electron chi connectivity index (χ2n) is 4.12. The van der Waals surface area contributed by atoms with Crippen molar-refractivity contribution < 1.29 is 13.2 Å². The first-order valence-electron chi connectivity index (χ1n) is 5.78. The average molecular weight is 248 g/mol. The number of carbonyl (C=O) groups excluding carboxylic acids is 1. The Hall–Kier alpha value is -0.780. The van der Waals surface area contributed by atoms with Crippen molar-refractivity contribution >= 4 is 15.9 Å². The molecule has 1 aliphatic carbocycles. The van der Waals surface area contributed by atoms with Crippen LogP contribution in [0.4, 0.5) is 4.79 Å². The lowest BCUT2D eigenvalue weighted by atomic mass is 10.3. The van der Waals surface area contributed by atoms with Crippen LogP contribution in [0.25, 0.3) is 0 Å². The molecule has 0 atom stereocenters. The minimum Gasteiger partial charge on any atom is -0.337 e. The highest BCUT2D eigenvalue weighted by atomic mass is 32.2. The second-order valence-corrected chi connectivity index (χ2v) is 6.59. The van der Waals surface area contributed by atoms with Gasteiger partial charge in [0.1, 0.15) is 0 Å². The van der Waals surface area contributed by atoms with Gasteiger partial charge in [0.05, 0.1) is 5.75 Å². The van der Waals surface area contributed by atoms with E-state index in [9.17, 15) is 13.2 Å². The summed E-state index contributed by atoms with van der Waals surface area (Å²) in [6.07, 6.45) is 4.38. The van der Waals surface area contributed by atoms with Crippen LogP contribution in [0.2, 0.25) is 0 Å². The molecule has 1 aliphatic rings. The van der Waals surface area contributed by atoms with Crippen LogP contribution < -0.4 is 10.6 Å². The van der Waals surface area contributed by atoms with E-state index in [1.165, 1.54) is 0 Å². The number of carbonyl (C=O) groups is 1. The Balaban J connectivity index is 2.15. The summed E-state index contributed by atoms with van der Waals surface area (Å²) in [6.45, 7) is 1.79. The number of nitrogens with one attached hydrogen (secondary N) is 2. The SMILES string of the molecule is CCS(=O)(=O)CCNC(=O)NC1CCCC1.